The van der Waals surface area contributed by atoms with Crippen LogP contribution in [0.3, 0.4) is 0 Å². The standard InChI is InChI=1S/C15H27N3S/c1-3-15(2)8-11-19-14(17-15)16-12-7-10-18-9-5-4-6-13(12)18/h12-13H,3-11H2,1-2H3,(H,16,17). The van der Waals surface area contributed by atoms with E-state index in [2.05, 4.69) is 24.1 Å². The highest BCUT2D eigenvalue weighted by Crippen LogP contribution is 2.31. The Morgan fingerprint density at radius 1 is 1.37 bits per heavy atom. The Morgan fingerprint density at radius 3 is 3.11 bits per heavy atom. The van der Waals surface area contributed by atoms with Gasteiger partial charge in [0.15, 0.2) is 5.17 Å². The second-order valence-corrected chi connectivity index (χ2v) is 7.61. The summed E-state index contributed by atoms with van der Waals surface area (Å²) in [5.74, 6) is 1.22. The molecule has 0 aromatic carbocycles. The van der Waals surface area contributed by atoms with Gasteiger partial charge in [-0.3, -0.25) is 9.89 Å². The zero-order chi connectivity index (χ0) is 13.3. The van der Waals surface area contributed by atoms with Gasteiger partial charge in [-0.25, -0.2) is 0 Å². The maximum atomic E-state index is 5.09. The van der Waals surface area contributed by atoms with Crippen molar-refractivity contribution in [2.24, 2.45) is 4.99 Å². The average Bonchev–Trinajstić information content (AvgIpc) is 2.83. The first-order valence-electron chi connectivity index (χ1n) is 7.93. The van der Waals surface area contributed by atoms with E-state index in [-0.39, 0.29) is 5.54 Å². The molecule has 3 unspecified atom stereocenters. The van der Waals surface area contributed by atoms with Gasteiger partial charge in [-0.05, 0) is 45.6 Å². The third kappa shape index (κ3) is 2.94. The molecule has 0 bridgehead atoms. The normalized spacial score (nSPS) is 42.1. The van der Waals surface area contributed by atoms with Crippen LogP contribution in [0.25, 0.3) is 0 Å². The summed E-state index contributed by atoms with van der Waals surface area (Å²) in [5, 5.41) is 4.91. The van der Waals surface area contributed by atoms with Crippen LogP contribution >= 0.6 is 11.8 Å². The highest BCUT2D eigenvalue weighted by atomic mass is 32.2. The second-order valence-electron chi connectivity index (χ2n) is 6.53. The Labute approximate surface area is 121 Å². The predicted octanol–water partition coefficient (Wildman–Crippen LogP) is 2.86. The van der Waals surface area contributed by atoms with E-state index in [1.807, 2.05) is 11.8 Å². The number of aliphatic imine (C=N–C) groups is 1. The average molecular weight is 281 g/mol. The van der Waals surface area contributed by atoms with Crippen molar-refractivity contribution in [3.05, 3.63) is 0 Å². The van der Waals surface area contributed by atoms with Gasteiger partial charge in [0, 0.05) is 23.9 Å². The molecule has 0 saturated carbocycles. The van der Waals surface area contributed by atoms with Crippen molar-refractivity contribution < 1.29 is 0 Å². The molecule has 19 heavy (non-hydrogen) atoms. The monoisotopic (exact) mass is 281 g/mol. The van der Waals surface area contributed by atoms with Gasteiger partial charge >= 0.3 is 0 Å². The van der Waals surface area contributed by atoms with Gasteiger partial charge < -0.3 is 5.32 Å². The van der Waals surface area contributed by atoms with Crippen LogP contribution in [0, 0.1) is 0 Å². The van der Waals surface area contributed by atoms with Crippen molar-refractivity contribution in [3.8, 4) is 0 Å². The molecule has 3 atom stereocenters. The Kier molecular flexibility index (Phi) is 4.08. The molecule has 0 aromatic heterocycles. The first kappa shape index (κ1) is 13.7. The number of nitrogens with zero attached hydrogens (tertiary/aromatic N) is 2. The first-order chi connectivity index (χ1) is 9.20. The summed E-state index contributed by atoms with van der Waals surface area (Å²) in [6.45, 7) is 7.18. The maximum absolute atomic E-state index is 5.09. The van der Waals surface area contributed by atoms with Crippen LogP contribution in [0.1, 0.15) is 52.4 Å². The minimum absolute atomic E-state index is 0.273. The van der Waals surface area contributed by atoms with Crippen LogP contribution in [-0.4, -0.2) is 46.5 Å². The number of nitrogens with one attached hydrogen (secondary N) is 1. The van der Waals surface area contributed by atoms with E-state index in [1.54, 1.807) is 0 Å². The predicted molar refractivity (Wildman–Crippen MR) is 84.0 cm³/mol. The largest absolute Gasteiger partial charge is 0.360 e. The topological polar surface area (TPSA) is 27.6 Å². The number of piperidine rings is 1. The molecule has 0 radical (unpaired) electrons. The molecule has 3 aliphatic rings. The van der Waals surface area contributed by atoms with Gasteiger partial charge in [-0.2, -0.15) is 0 Å². The lowest BCUT2D eigenvalue weighted by Gasteiger charge is -2.36. The fraction of sp³-hybridized carbons (Fsp3) is 0.933. The fourth-order valence-electron chi connectivity index (χ4n) is 3.59. The highest BCUT2D eigenvalue weighted by molar-refractivity contribution is 8.13. The van der Waals surface area contributed by atoms with Gasteiger partial charge in [0.05, 0.1) is 6.04 Å². The molecule has 1 N–H and O–H groups in total. The Morgan fingerprint density at radius 2 is 2.26 bits per heavy atom. The lowest BCUT2D eigenvalue weighted by molar-refractivity contribution is 0.190. The zero-order valence-corrected chi connectivity index (χ0v) is 13.1. The van der Waals surface area contributed by atoms with Crippen molar-refractivity contribution in [1.82, 2.24) is 10.2 Å². The summed E-state index contributed by atoms with van der Waals surface area (Å²) < 4.78 is 0. The minimum Gasteiger partial charge on any atom is -0.360 e. The molecule has 0 aromatic rings. The molecule has 0 aliphatic carbocycles. The summed E-state index contributed by atoms with van der Waals surface area (Å²) in [5.41, 5.74) is 0.273. The molecule has 3 saturated heterocycles. The summed E-state index contributed by atoms with van der Waals surface area (Å²) in [7, 11) is 0. The molecule has 0 spiro atoms. The van der Waals surface area contributed by atoms with Crippen LogP contribution in [0.2, 0.25) is 0 Å². The fourth-order valence-corrected chi connectivity index (χ4v) is 4.86. The first-order valence-corrected chi connectivity index (χ1v) is 8.91. The Bertz CT molecular complexity index is 357. The summed E-state index contributed by atoms with van der Waals surface area (Å²) in [6, 6.07) is 1.29. The van der Waals surface area contributed by atoms with Gasteiger partial charge in [-0.1, -0.05) is 25.1 Å². The number of rotatable bonds is 2. The van der Waals surface area contributed by atoms with Gasteiger partial charge in [0.25, 0.3) is 0 Å². The van der Waals surface area contributed by atoms with Crippen LogP contribution in [-0.2, 0) is 0 Å². The quantitative estimate of drug-likeness (QED) is 0.843. The van der Waals surface area contributed by atoms with Crippen molar-refractivity contribution in [3.63, 3.8) is 0 Å². The SMILES string of the molecule is CCC1(C)CCSC(=NC2CCN3CCCCC23)N1. The highest BCUT2D eigenvalue weighted by Gasteiger charge is 2.36. The molecule has 3 fully saturated rings. The van der Waals surface area contributed by atoms with E-state index in [1.165, 1.54) is 62.5 Å². The molecule has 3 aliphatic heterocycles. The summed E-state index contributed by atoms with van der Waals surface area (Å²) >= 11 is 1.93. The van der Waals surface area contributed by atoms with E-state index in [9.17, 15) is 0 Å². The molecule has 4 heteroatoms. The third-order valence-electron chi connectivity index (χ3n) is 5.19. The lowest BCUT2D eigenvalue weighted by atomic mass is 9.96. The molecule has 3 nitrogen and oxygen atoms in total. The van der Waals surface area contributed by atoms with E-state index in [4.69, 9.17) is 4.99 Å². The van der Waals surface area contributed by atoms with Crippen LogP contribution < -0.4 is 5.32 Å². The van der Waals surface area contributed by atoms with Gasteiger partial charge in [0.1, 0.15) is 0 Å². The molecule has 0 amide bonds. The number of thioether (sulfide) groups is 1. The molecular formula is C15H27N3S. The zero-order valence-electron chi connectivity index (χ0n) is 12.3. The van der Waals surface area contributed by atoms with Crippen LogP contribution in [0.4, 0.5) is 0 Å². The van der Waals surface area contributed by atoms with Crippen molar-refractivity contribution in [2.45, 2.75) is 70.0 Å². The van der Waals surface area contributed by atoms with Gasteiger partial charge in [-0.15, -0.1) is 0 Å². The van der Waals surface area contributed by atoms with Crippen molar-refractivity contribution in [2.75, 3.05) is 18.8 Å². The third-order valence-corrected chi connectivity index (χ3v) is 6.07. The molecule has 108 valence electrons. The minimum atomic E-state index is 0.273. The number of fused-ring (bicyclic) bond motifs is 1. The molecular weight excluding hydrogens is 254 g/mol. The Balaban J connectivity index is 1.67. The lowest BCUT2D eigenvalue weighted by Crippen LogP contribution is -2.49. The second kappa shape index (κ2) is 5.65. The van der Waals surface area contributed by atoms with E-state index >= 15 is 0 Å². The van der Waals surface area contributed by atoms with E-state index < -0.39 is 0 Å². The van der Waals surface area contributed by atoms with Crippen LogP contribution in [0.15, 0.2) is 4.99 Å². The molecule has 3 heterocycles. The Hall–Kier alpha value is -0.220. The maximum Gasteiger partial charge on any atom is 0.157 e. The van der Waals surface area contributed by atoms with E-state index in [0.717, 1.165) is 6.04 Å². The smallest absolute Gasteiger partial charge is 0.157 e. The van der Waals surface area contributed by atoms with Crippen molar-refractivity contribution >= 4 is 16.9 Å². The van der Waals surface area contributed by atoms with Crippen LogP contribution in [0.5, 0.6) is 0 Å². The number of hydrogen-bond acceptors (Lipinski definition) is 3. The van der Waals surface area contributed by atoms with Gasteiger partial charge in [0.2, 0.25) is 0 Å². The summed E-state index contributed by atoms with van der Waals surface area (Å²) in [6.07, 6.45) is 7.85. The van der Waals surface area contributed by atoms with E-state index in [0.29, 0.717) is 6.04 Å². The molecule has 3 rings (SSSR count). The van der Waals surface area contributed by atoms with Crippen molar-refractivity contribution in [1.29, 1.82) is 0 Å². The number of hydrogen-bond donors (Lipinski definition) is 1. The summed E-state index contributed by atoms with van der Waals surface area (Å²) in [4.78, 5) is 7.76. The number of amidine groups is 1.